The number of hydrogen-bond donors (Lipinski definition) is 1. The van der Waals surface area contributed by atoms with E-state index in [-0.39, 0.29) is 5.60 Å². The summed E-state index contributed by atoms with van der Waals surface area (Å²) in [6.45, 7) is 2.41. The van der Waals surface area contributed by atoms with E-state index in [0.717, 1.165) is 43.6 Å². The number of rotatable bonds is 2. The second kappa shape index (κ2) is 5.19. The quantitative estimate of drug-likeness (QED) is 0.910. The van der Waals surface area contributed by atoms with Crippen LogP contribution in [0.4, 0.5) is 5.69 Å². The highest BCUT2D eigenvalue weighted by Gasteiger charge is 2.41. The van der Waals surface area contributed by atoms with Gasteiger partial charge in [0.05, 0.1) is 12.2 Å². The Morgan fingerprint density at radius 2 is 2.17 bits per heavy atom. The molecule has 1 aromatic rings. The van der Waals surface area contributed by atoms with Crippen molar-refractivity contribution >= 4 is 21.6 Å². The van der Waals surface area contributed by atoms with Crippen molar-refractivity contribution in [1.82, 2.24) is 0 Å². The minimum Gasteiger partial charge on any atom is -0.381 e. The van der Waals surface area contributed by atoms with Gasteiger partial charge < -0.3 is 14.8 Å². The Bertz CT molecular complexity index is 418. The summed E-state index contributed by atoms with van der Waals surface area (Å²) < 4.78 is 12.6. The zero-order valence-electron chi connectivity index (χ0n) is 10.3. The topological polar surface area (TPSA) is 30.5 Å². The van der Waals surface area contributed by atoms with E-state index in [4.69, 9.17) is 9.47 Å². The molecule has 0 saturated carbocycles. The van der Waals surface area contributed by atoms with Crippen molar-refractivity contribution < 1.29 is 9.47 Å². The number of anilines is 1. The molecule has 0 aromatic heterocycles. The maximum atomic E-state index is 5.95. The molecular weight excluding hydrogens is 294 g/mol. The Kier molecular flexibility index (Phi) is 3.59. The summed E-state index contributed by atoms with van der Waals surface area (Å²) in [5.41, 5.74) is 1.13. The van der Waals surface area contributed by atoms with Crippen LogP contribution in [0.1, 0.15) is 19.3 Å². The fourth-order valence-corrected chi connectivity index (χ4v) is 3.21. The zero-order valence-corrected chi connectivity index (χ0v) is 11.9. The third kappa shape index (κ3) is 2.56. The Labute approximate surface area is 116 Å². The first-order valence-electron chi connectivity index (χ1n) is 6.50. The van der Waals surface area contributed by atoms with Crippen LogP contribution >= 0.6 is 15.9 Å². The molecule has 2 unspecified atom stereocenters. The summed E-state index contributed by atoms with van der Waals surface area (Å²) in [7, 11) is 0. The molecule has 18 heavy (non-hydrogen) atoms. The van der Waals surface area contributed by atoms with Crippen LogP contribution in [0.2, 0.25) is 0 Å². The molecule has 2 saturated heterocycles. The van der Waals surface area contributed by atoms with Gasteiger partial charge in [0.2, 0.25) is 0 Å². The summed E-state index contributed by atoms with van der Waals surface area (Å²) in [5.74, 6) is 0. The van der Waals surface area contributed by atoms with Crippen molar-refractivity contribution in [1.29, 1.82) is 0 Å². The van der Waals surface area contributed by atoms with Gasteiger partial charge in [-0.2, -0.15) is 0 Å². The zero-order chi connectivity index (χ0) is 12.4. The fourth-order valence-electron chi connectivity index (χ4n) is 2.81. The van der Waals surface area contributed by atoms with Crippen molar-refractivity contribution in [2.45, 2.75) is 30.9 Å². The number of halogens is 1. The molecule has 4 heteroatoms. The monoisotopic (exact) mass is 311 g/mol. The molecule has 1 aromatic carbocycles. The van der Waals surface area contributed by atoms with Crippen LogP contribution in [-0.2, 0) is 9.47 Å². The van der Waals surface area contributed by atoms with Crippen molar-refractivity contribution in [3.05, 3.63) is 28.7 Å². The number of benzene rings is 1. The van der Waals surface area contributed by atoms with E-state index in [2.05, 4.69) is 39.4 Å². The van der Waals surface area contributed by atoms with Crippen LogP contribution in [0.3, 0.4) is 0 Å². The minimum absolute atomic E-state index is 0.0306. The van der Waals surface area contributed by atoms with Crippen LogP contribution < -0.4 is 5.32 Å². The van der Waals surface area contributed by atoms with Crippen molar-refractivity contribution in [2.24, 2.45) is 0 Å². The molecule has 2 heterocycles. The highest BCUT2D eigenvalue weighted by atomic mass is 79.9. The van der Waals surface area contributed by atoms with Gasteiger partial charge >= 0.3 is 0 Å². The van der Waals surface area contributed by atoms with Gasteiger partial charge in [-0.3, -0.25) is 0 Å². The molecule has 0 aliphatic carbocycles. The first-order chi connectivity index (χ1) is 8.77. The predicted molar refractivity (Wildman–Crippen MR) is 74.9 cm³/mol. The van der Waals surface area contributed by atoms with Crippen LogP contribution in [0, 0.1) is 0 Å². The highest BCUT2D eigenvalue weighted by molar-refractivity contribution is 9.10. The molecular formula is C14H18BrNO2. The lowest BCUT2D eigenvalue weighted by molar-refractivity contribution is -0.0828. The van der Waals surface area contributed by atoms with E-state index in [1.165, 1.54) is 5.69 Å². The van der Waals surface area contributed by atoms with Gasteiger partial charge in [-0.25, -0.2) is 0 Å². The third-order valence-corrected chi connectivity index (χ3v) is 4.49. The van der Waals surface area contributed by atoms with Gasteiger partial charge in [-0.05, 0) is 40.9 Å². The molecule has 2 aliphatic rings. The predicted octanol–water partition coefficient (Wildman–Crippen LogP) is 3.20. The molecule has 3 rings (SSSR count). The molecule has 3 nitrogen and oxygen atoms in total. The lowest BCUT2D eigenvalue weighted by Crippen LogP contribution is -2.44. The standard InChI is InChI=1S/C14H18BrNO2/c15-12-3-1-2-4-13(12)16-11-5-7-18-14(9-11)6-8-17-10-14/h1-4,11,16H,5-10H2. The van der Waals surface area contributed by atoms with E-state index in [9.17, 15) is 0 Å². The van der Waals surface area contributed by atoms with Gasteiger partial charge in [-0.15, -0.1) is 0 Å². The van der Waals surface area contributed by atoms with Crippen molar-refractivity contribution in [3.63, 3.8) is 0 Å². The Morgan fingerprint density at radius 1 is 1.28 bits per heavy atom. The van der Waals surface area contributed by atoms with Gasteiger partial charge in [0, 0.05) is 35.8 Å². The second-order valence-corrected chi connectivity index (χ2v) is 6.00. The average Bonchev–Trinajstić information content (AvgIpc) is 2.80. The molecule has 0 bridgehead atoms. The molecule has 1 N–H and O–H groups in total. The summed E-state index contributed by atoms with van der Waals surface area (Å²) >= 11 is 3.58. The van der Waals surface area contributed by atoms with E-state index in [0.29, 0.717) is 6.04 Å². The largest absolute Gasteiger partial charge is 0.381 e. The maximum Gasteiger partial charge on any atom is 0.0956 e. The van der Waals surface area contributed by atoms with E-state index in [1.807, 2.05) is 6.07 Å². The Balaban J connectivity index is 1.68. The maximum absolute atomic E-state index is 5.95. The number of nitrogens with one attached hydrogen (secondary N) is 1. The molecule has 98 valence electrons. The van der Waals surface area contributed by atoms with E-state index >= 15 is 0 Å². The molecule has 2 atom stereocenters. The highest BCUT2D eigenvalue weighted by Crippen LogP contribution is 2.34. The summed E-state index contributed by atoms with van der Waals surface area (Å²) in [6, 6.07) is 8.74. The van der Waals surface area contributed by atoms with Gasteiger partial charge in [0.1, 0.15) is 0 Å². The number of hydrogen-bond acceptors (Lipinski definition) is 3. The lowest BCUT2D eigenvalue weighted by atomic mass is 9.89. The molecule has 2 fully saturated rings. The van der Waals surface area contributed by atoms with Gasteiger partial charge in [-0.1, -0.05) is 12.1 Å². The second-order valence-electron chi connectivity index (χ2n) is 5.15. The Hall–Kier alpha value is -0.580. The van der Waals surface area contributed by atoms with Gasteiger partial charge in [0.15, 0.2) is 0 Å². The van der Waals surface area contributed by atoms with Gasteiger partial charge in [0.25, 0.3) is 0 Å². The number of ether oxygens (including phenoxy) is 2. The third-order valence-electron chi connectivity index (χ3n) is 3.79. The summed E-state index contributed by atoms with van der Waals surface area (Å²) in [5, 5.41) is 3.62. The SMILES string of the molecule is Brc1ccccc1NC1CCOC2(CCOC2)C1. The average molecular weight is 312 g/mol. The van der Waals surface area contributed by atoms with Crippen LogP contribution in [0.15, 0.2) is 28.7 Å². The van der Waals surface area contributed by atoms with Crippen LogP contribution in [0.25, 0.3) is 0 Å². The Morgan fingerprint density at radius 3 is 2.94 bits per heavy atom. The summed E-state index contributed by atoms with van der Waals surface area (Å²) in [4.78, 5) is 0. The van der Waals surface area contributed by atoms with E-state index in [1.54, 1.807) is 0 Å². The number of para-hydroxylation sites is 1. The fraction of sp³-hybridized carbons (Fsp3) is 0.571. The molecule has 2 aliphatic heterocycles. The summed E-state index contributed by atoms with van der Waals surface area (Å²) in [6.07, 6.45) is 3.12. The van der Waals surface area contributed by atoms with Crippen molar-refractivity contribution in [2.75, 3.05) is 25.1 Å². The smallest absolute Gasteiger partial charge is 0.0956 e. The van der Waals surface area contributed by atoms with Crippen molar-refractivity contribution in [3.8, 4) is 0 Å². The van der Waals surface area contributed by atoms with E-state index < -0.39 is 0 Å². The van der Waals surface area contributed by atoms with Crippen LogP contribution in [0.5, 0.6) is 0 Å². The normalized spacial score (nSPS) is 31.7. The lowest BCUT2D eigenvalue weighted by Gasteiger charge is -2.37. The molecule has 0 amide bonds. The molecule has 1 spiro atoms. The first-order valence-corrected chi connectivity index (χ1v) is 7.30. The molecule has 0 radical (unpaired) electrons. The first kappa shape index (κ1) is 12.5. The van der Waals surface area contributed by atoms with Crippen LogP contribution in [-0.4, -0.2) is 31.5 Å². The minimum atomic E-state index is -0.0306.